The first-order valence-electron chi connectivity index (χ1n) is 4.64. The summed E-state index contributed by atoms with van der Waals surface area (Å²) in [5, 5.41) is 3.39. The third kappa shape index (κ3) is 3.73. The molecule has 1 fully saturated rings. The Labute approximate surface area is 69.3 Å². The van der Waals surface area contributed by atoms with Gasteiger partial charge in [0.25, 0.3) is 0 Å². The van der Waals surface area contributed by atoms with Gasteiger partial charge in [0.2, 0.25) is 0 Å². The van der Waals surface area contributed by atoms with Gasteiger partial charge in [0.05, 0.1) is 6.10 Å². The normalized spacial score (nSPS) is 25.9. The quantitative estimate of drug-likeness (QED) is 0.671. The Bertz CT molecular complexity index is 97.7. The van der Waals surface area contributed by atoms with Crippen molar-refractivity contribution in [3.63, 3.8) is 0 Å². The first kappa shape index (κ1) is 9.01. The van der Waals surface area contributed by atoms with E-state index < -0.39 is 0 Å². The molecule has 0 amide bonds. The molecule has 66 valence electrons. The van der Waals surface area contributed by atoms with Crippen molar-refractivity contribution in [2.45, 2.75) is 45.3 Å². The van der Waals surface area contributed by atoms with Crippen LogP contribution < -0.4 is 5.32 Å². The van der Waals surface area contributed by atoms with Crippen LogP contribution in [-0.4, -0.2) is 25.3 Å². The van der Waals surface area contributed by atoms with Gasteiger partial charge >= 0.3 is 0 Å². The van der Waals surface area contributed by atoms with Crippen LogP contribution in [0.1, 0.15) is 33.1 Å². The predicted molar refractivity (Wildman–Crippen MR) is 46.7 cm³/mol. The third-order valence-electron chi connectivity index (χ3n) is 2.03. The molecule has 11 heavy (non-hydrogen) atoms. The van der Waals surface area contributed by atoms with Crippen LogP contribution in [0, 0.1) is 0 Å². The second-order valence-corrected chi connectivity index (χ2v) is 3.55. The van der Waals surface area contributed by atoms with E-state index >= 15 is 0 Å². The molecule has 1 aliphatic heterocycles. The fourth-order valence-electron chi connectivity index (χ4n) is 1.34. The van der Waals surface area contributed by atoms with Crippen LogP contribution in [0.5, 0.6) is 0 Å². The molecule has 1 aliphatic rings. The standard InChI is InChI=1S/C9H19NO/c1-8(2)10-7-9-5-3-4-6-11-9/h8-10H,3-7H2,1-2H3/t9-/m1/s1. The largest absolute Gasteiger partial charge is 0.377 e. The van der Waals surface area contributed by atoms with Gasteiger partial charge in [-0.15, -0.1) is 0 Å². The number of hydrogen-bond acceptors (Lipinski definition) is 2. The van der Waals surface area contributed by atoms with Crippen molar-refractivity contribution >= 4 is 0 Å². The van der Waals surface area contributed by atoms with Gasteiger partial charge in [-0.3, -0.25) is 0 Å². The highest BCUT2D eigenvalue weighted by molar-refractivity contribution is 4.67. The average Bonchev–Trinajstić information content (AvgIpc) is 2.03. The van der Waals surface area contributed by atoms with Gasteiger partial charge in [0, 0.05) is 19.2 Å². The summed E-state index contributed by atoms with van der Waals surface area (Å²) in [6.07, 6.45) is 4.30. The molecule has 0 aromatic rings. The van der Waals surface area contributed by atoms with E-state index in [4.69, 9.17) is 4.74 Å². The van der Waals surface area contributed by atoms with Crippen molar-refractivity contribution in [3.05, 3.63) is 0 Å². The van der Waals surface area contributed by atoms with Crippen LogP contribution in [0.2, 0.25) is 0 Å². The Morgan fingerprint density at radius 1 is 1.45 bits per heavy atom. The second kappa shape index (κ2) is 4.73. The summed E-state index contributed by atoms with van der Waals surface area (Å²) in [5.74, 6) is 0. The van der Waals surface area contributed by atoms with Gasteiger partial charge < -0.3 is 10.1 Å². The lowest BCUT2D eigenvalue weighted by Gasteiger charge is -2.23. The molecule has 0 bridgehead atoms. The Morgan fingerprint density at radius 2 is 2.27 bits per heavy atom. The molecule has 2 nitrogen and oxygen atoms in total. The van der Waals surface area contributed by atoms with E-state index in [1.54, 1.807) is 0 Å². The SMILES string of the molecule is CC(C)NC[C@H]1CCCCO1. The van der Waals surface area contributed by atoms with Crippen molar-refractivity contribution in [1.82, 2.24) is 5.32 Å². The molecule has 0 aromatic carbocycles. The van der Waals surface area contributed by atoms with E-state index in [1.807, 2.05) is 0 Å². The van der Waals surface area contributed by atoms with Gasteiger partial charge in [-0.25, -0.2) is 0 Å². The highest BCUT2D eigenvalue weighted by atomic mass is 16.5. The average molecular weight is 157 g/mol. The van der Waals surface area contributed by atoms with Crippen LogP contribution >= 0.6 is 0 Å². The maximum absolute atomic E-state index is 5.57. The summed E-state index contributed by atoms with van der Waals surface area (Å²) >= 11 is 0. The Morgan fingerprint density at radius 3 is 2.82 bits per heavy atom. The highest BCUT2D eigenvalue weighted by Gasteiger charge is 2.12. The third-order valence-corrected chi connectivity index (χ3v) is 2.03. The summed E-state index contributed by atoms with van der Waals surface area (Å²) in [5.41, 5.74) is 0. The summed E-state index contributed by atoms with van der Waals surface area (Å²) in [7, 11) is 0. The maximum Gasteiger partial charge on any atom is 0.0699 e. The summed E-state index contributed by atoms with van der Waals surface area (Å²) in [6, 6.07) is 0.584. The monoisotopic (exact) mass is 157 g/mol. The van der Waals surface area contributed by atoms with Crippen LogP contribution in [0.3, 0.4) is 0 Å². The van der Waals surface area contributed by atoms with E-state index in [0.29, 0.717) is 12.1 Å². The molecule has 0 spiro atoms. The predicted octanol–water partition coefficient (Wildman–Crippen LogP) is 1.55. The Kier molecular flexibility index (Phi) is 3.87. The lowest BCUT2D eigenvalue weighted by Crippen LogP contribution is -2.35. The lowest BCUT2D eigenvalue weighted by atomic mass is 10.1. The fraction of sp³-hybridized carbons (Fsp3) is 1.00. The van der Waals surface area contributed by atoms with Gasteiger partial charge in [-0.1, -0.05) is 13.8 Å². The molecule has 1 N–H and O–H groups in total. The van der Waals surface area contributed by atoms with E-state index in [2.05, 4.69) is 19.2 Å². The Hall–Kier alpha value is -0.0800. The molecule has 1 heterocycles. The van der Waals surface area contributed by atoms with Crippen LogP contribution in [0.15, 0.2) is 0 Å². The minimum absolute atomic E-state index is 0.478. The molecule has 0 radical (unpaired) electrons. The Balaban J connectivity index is 2.05. The van der Waals surface area contributed by atoms with Crippen molar-refractivity contribution in [2.24, 2.45) is 0 Å². The van der Waals surface area contributed by atoms with E-state index in [1.165, 1.54) is 19.3 Å². The van der Waals surface area contributed by atoms with E-state index in [0.717, 1.165) is 13.2 Å². The van der Waals surface area contributed by atoms with Crippen molar-refractivity contribution in [3.8, 4) is 0 Å². The van der Waals surface area contributed by atoms with Crippen molar-refractivity contribution in [2.75, 3.05) is 13.2 Å². The smallest absolute Gasteiger partial charge is 0.0699 e. The van der Waals surface area contributed by atoms with Crippen LogP contribution in [-0.2, 0) is 4.74 Å². The first-order valence-corrected chi connectivity index (χ1v) is 4.64. The number of nitrogens with one attached hydrogen (secondary N) is 1. The molecule has 0 aliphatic carbocycles. The minimum atomic E-state index is 0.478. The number of hydrogen-bond donors (Lipinski definition) is 1. The van der Waals surface area contributed by atoms with Crippen LogP contribution in [0.25, 0.3) is 0 Å². The molecular formula is C9H19NO. The molecule has 0 saturated carbocycles. The number of ether oxygens (including phenoxy) is 1. The lowest BCUT2D eigenvalue weighted by molar-refractivity contribution is 0.0159. The first-order chi connectivity index (χ1) is 5.29. The zero-order chi connectivity index (χ0) is 8.10. The molecule has 1 saturated heterocycles. The van der Waals surface area contributed by atoms with E-state index in [9.17, 15) is 0 Å². The fourth-order valence-corrected chi connectivity index (χ4v) is 1.34. The van der Waals surface area contributed by atoms with Gasteiger partial charge in [0.1, 0.15) is 0 Å². The minimum Gasteiger partial charge on any atom is -0.377 e. The highest BCUT2D eigenvalue weighted by Crippen LogP contribution is 2.11. The maximum atomic E-state index is 5.57. The number of rotatable bonds is 3. The van der Waals surface area contributed by atoms with Crippen LogP contribution in [0.4, 0.5) is 0 Å². The zero-order valence-corrected chi connectivity index (χ0v) is 7.60. The zero-order valence-electron chi connectivity index (χ0n) is 7.60. The molecule has 2 heteroatoms. The van der Waals surface area contributed by atoms with E-state index in [-0.39, 0.29) is 0 Å². The molecule has 1 atom stereocenters. The van der Waals surface area contributed by atoms with Gasteiger partial charge in [-0.2, -0.15) is 0 Å². The van der Waals surface area contributed by atoms with Gasteiger partial charge in [0.15, 0.2) is 0 Å². The molecule has 0 aromatic heterocycles. The molecular weight excluding hydrogens is 138 g/mol. The molecule has 1 rings (SSSR count). The summed E-state index contributed by atoms with van der Waals surface area (Å²) in [4.78, 5) is 0. The second-order valence-electron chi connectivity index (χ2n) is 3.55. The van der Waals surface area contributed by atoms with Crippen molar-refractivity contribution < 1.29 is 4.74 Å². The molecule has 0 unspecified atom stereocenters. The summed E-state index contributed by atoms with van der Waals surface area (Å²) in [6.45, 7) is 6.33. The van der Waals surface area contributed by atoms with Gasteiger partial charge in [-0.05, 0) is 19.3 Å². The van der Waals surface area contributed by atoms with Crippen molar-refractivity contribution in [1.29, 1.82) is 0 Å². The summed E-state index contributed by atoms with van der Waals surface area (Å²) < 4.78 is 5.57. The topological polar surface area (TPSA) is 21.3 Å².